The van der Waals surface area contributed by atoms with Crippen LogP contribution in [0.25, 0.3) is 0 Å². The van der Waals surface area contributed by atoms with E-state index in [0.717, 1.165) is 31.4 Å². The lowest BCUT2D eigenvalue weighted by Crippen LogP contribution is -2.20. The summed E-state index contributed by atoms with van der Waals surface area (Å²) in [5.41, 5.74) is 1.36. The first-order chi connectivity index (χ1) is 14.8. The number of ether oxygens (including phenoxy) is 2. The maximum Gasteiger partial charge on any atom is 0.573 e. The third kappa shape index (κ3) is 7.38. The molecule has 0 unspecified atom stereocenters. The van der Waals surface area contributed by atoms with Crippen LogP contribution in [0.2, 0.25) is 18.1 Å². The molecule has 0 aromatic heterocycles. The van der Waals surface area contributed by atoms with E-state index in [-0.39, 0.29) is 12.2 Å². The van der Waals surface area contributed by atoms with E-state index in [9.17, 15) is 22.4 Å². The molecule has 0 bridgehead atoms. The monoisotopic (exact) mass is 454 g/mol. The van der Waals surface area contributed by atoms with Gasteiger partial charge in [-0.1, -0.05) is 36.7 Å². The normalized spacial score (nSPS) is 19.1. The Morgan fingerprint density at radius 1 is 0.935 bits per heavy atom. The number of carbonyl (C=O) groups excluding carboxylic acids is 1. The minimum Gasteiger partial charge on any atom is -0.423 e. The van der Waals surface area contributed by atoms with Crippen LogP contribution in [0.1, 0.15) is 47.5 Å². The van der Waals surface area contributed by atoms with Crippen LogP contribution in [-0.2, 0) is 0 Å². The van der Waals surface area contributed by atoms with Gasteiger partial charge in [0.05, 0.1) is 12.2 Å². The van der Waals surface area contributed by atoms with Gasteiger partial charge in [0, 0.05) is 8.80 Å². The van der Waals surface area contributed by atoms with Crippen LogP contribution in [-0.4, -0.2) is 27.8 Å². The van der Waals surface area contributed by atoms with Crippen molar-refractivity contribution in [2.45, 2.75) is 56.1 Å². The Morgan fingerprint density at radius 2 is 1.55 bits per heavy atom. The summed E-state index contributed by atoms with van der Waals surface area (Å²) >= 11 is 0. The summed E-state index contributed by atoms with van der Waals surface area (Å²) in [5.74, 6) is -0.144. The highest BCUT2D eigenvalue weighted by Crippen LogP contribution is 2.35. The highest BCUT2D eigenvalue weighted by molar-refractivity contribution is 6.59. The fourth-order valence-corrected chi connectivity index (χ4v) is 7.56. The van der Waals surface area contributed by atoms with Crippen LogP contribution in [0.15, 0.2) is 48.5 Å². The number of rotatable bonds is 8. The summed E-state index contributed by atoms with van der Waals surface area (Å²) in [4.78, 5) is 12.2. The fraction of sp³-hybridized carbons (Fsp3) is 0.435. The topological polar surface area (TPSA) is 35.5 Å². The molecule has 1 heterocycles. The van der Waals surface area contributed by atoms with Gasteiger partial charge in [-0.3, -0.25) is 4.39 Å². The van der Waals surface area contributed by atoms with Crippen LogP contribution in [0.3, 0.4) is 0 Å². The predicted octanol–water partition coefficient (Wildman–Crippen LogP) is 6.66. The number of esters is 1. The van der Waals surface area contributed by atoms with E-state index in [4.69, 9.17) is 4.74 Å². The molecule has 168 valence electrons. The summed E-state index contributed by atoms with van der Waals surface area (Å²) in [6.07, 6.45) is -0.731. The van der Waals surface area contributed by atoms with Gasteiger partial charge in [0.2, 0.25) is 0 Å². The largest absolute Gasteiger partial charge is 0.573 e. The molecule has 0 spiro atoms. The zero-order valence-electron chi connectivity index (χ0n) is 17.2. The Balaban J connectivity index is 1.50. The van der Waals surface area contributed by atoms with Crippen molar-refractivity contribution in [3.05, 3.63) is 59.7 Å². The highest BCUT2D eigenvalue weighted by Gasteiger charge is 2.31. The molecule has 8 heteroatoms. The quantitative estimate of drug-likeness (QED) is 0.147. The number of unbranched alkanes of at least 4 members (excludes halogenated alkanes) is 1. The van der Waals surface area contributed by atoms with Crippen molar-refractivity contribution in [2.24, 2.45) is 0 Å². The van der Waals surface area contributed by atoms with Crippen LogP contribution in [0.4, 0.5) is 17.6 Å². The molecule has 0 aliphatic carbocycles. The first-order valence-corrected chi connectivity index (χ1v) is 13.0. The number of halogens is 4. The van der Waals surface area contributed by atoms with E-state index < -0.39 is 26.9 Å². The smallest absolute Gasteiger partial charge is 0.423 e. The number of hydrogen-bond acceptors (Lipinski definition) is 3. The minimum absolute atomic E-state index is 0.134. The molecule has 0 atom stereocenters. The molecule has 2 aromatic rings. The standard InChI is InChI=1S/C23H26F4O3Si/c24-13-1-2-14-31-15-11-18(12-16-31)17-3-7-20(8-4-17)29-22(28)19-5-9-21(10-6-19)30-23(25,26)27/h3-10,18,31H,1-2,11-16H2. The first-order valence-electron chi connectivity index (χ1n) is 10.6. The molecule has 1 saturated heterocycles. The molecule has 0 N–H and O–H groups in total. The molecule has 3 nitrogen and oxygen atoms in total. The maximum absolute atomic E-state index is 12.3. The van der Waals surface area contributed by atoms with Crippen LogP contribution < -0.4 is 9.47 Å². The van der Waals surface area contributed by atoms with Gasteiger partial charge >= 0.3 is 12.3 Å². The van der Waals surface area contributed by atoms with Crippen LogP contribution >= 0.6 is 0 Å². The third-order valence-electron chi connectivity index (χ3n) is 5.73. The van der Waals surface area contributed by atoms with E-state index in [1.165, 1.54) is 35.8 Å². The molecule has 1 aliphatic rings. The zero-order chi connectivity index (χ0) is 22.3. The second-order valence-electron chi connectivity index (χ2n) is 7.93. The van der Waals surface area contributed by atoms with E-state index in [2.05, 4.69) is 4.74 Å². The van der Waals surface area contributed by atoms with Gasteiger partial charge in [-0.15, -0.1) is 13.2 Å². The molecule has 2 aromatic carbocycles. The maximum atomic E-state index is 12.3. The van der Waals surface area contributed by atoms with E-state index in [1.807, 2.05) is 12.1 Å². The van der Waals surface area contributed by atoms with Crippen molar-refractivity contribution in [1.29, 1.82) is 0 Å². The van der Waals surface area contributed by atoms with Crippen LogP contribution in [0, 0.1) is 0 Å². The number of benzene rings is 2. The van der Waals surface area contributed by atoms with Crippen molar-refractivity contribution < 1.29 is 31.8 Å². The number of hydrogen-bond donors (Lipinski definition) is 0. The lowest BCUT2D eigenvalue weighted by Gasteiger charge is -2.28. The summed E-state index contributed by atoms with van der Waals surface area (Å²) in [6.45, 7) is -0.210. The van der Waals surface area contributed by atoms with Gasteiger partial charge in [0.1, 0.15) is 11.5 Å². The van der Waals surface area contributed by atoms with Crippen molar-refractivity contribution in [1.82, 2.24) is 0 Å². The molecule has 3 rings (SSSR count). The number of alkyl halides is 4. The minimum atomic E-state index is -4.78. The van der Waals surface area contributed by atoms with Gasteiger partial charge in [0.15, 0.2) is 0 Å². The van der Waals surface area contributed by atoms with E-state index >= 15 is 0 Å². The lowest BCUT2D eigenvalue weighted by molar-refractivity contribution is -0.274. The SMILES string of the molecule is O=C(Oc1ccc(C2CC[SiH](CCCCF)CC2)cc1)c1ccc(OC(F)(F)F)cc1. The van der Waals surface area contributed by atoms with Crippen molar-refractivity contribution in [3.63, 3.8) is 0 Å². The van der Waals surface area contributed by atoms with Crippen molar-refractivity contribution in [3.8, 4) is 11.5 Å². The third-order valence-corrected chi connectivity index (χ3v) is 9.25. The number of carbonyl (C=O) groups is 1. The second-order valence-corrected chi connectivity index (χ2v) is 11.4. The Kier molecular flexibility index (Phi) is 8.12. The molecule has 1 fully saturated rings. The van der Waals surface area contributed by atoms with Crippen molar-refractivity contribution in [2.75, 3.05) is 6.67 Å². The molecule has 1 aliphatic heterocycles. The Morgan fingerprint density at radius 3 is 2.13 bits per heavy atom. The second kappa shape index (κ2) is 10.8. The van der Waals surface area contributed by atoms with Gasteiger partial charge in [0.25, 0.3) is 0 Å². The van der Waals surface area contributed by atoms with E-state index in [1.54, 1.807) is 12.1 Å². The molecule has 0 radical (unpaired) electrons. The van der Waals surface area contributed by atoms with Crippen LogP contribution in [0.5, 0.6) is 11.5 Å². The summed E-state index contributed by atoms with van der Waals surface area (Å²) in [7, 11) is -0.707. The Hall–Kier alpha value is -2.35. The Labute approximate surface area is 181 Å². The Bertz CT molecular complexity index is 829. The zero-order valence-corrected chi connectivity index (χ0v) is 18.3. The van der Waals surface area contributed by atoms with E-state index in [0.29, 0.717) is 18.1 Å². The molecule has 31 heavy (non-hydrogen) atoms. The van der Waals surface area contributed by atoms with Gasteiger partial charge in [-0.2, -0.15) is 0 Å². The molecular formula is C23H26F4O3Si. The highest BCUT2D eigenvalue weighted by atomic mass is 28.3. The molecule has 0 amide bonds. The van der Waals surface area contributed by atoms with Gasteiger partial charge < -0.3 is 9.47 Å². The average molecular weight is 455 g/mol. The summed E-state index contributed by atoms with van der Waals surface area (Å²) < 4.78 is 58.0. The van der Waals surface area contributed by atoms with Gasteiger partial charge in [-0.25, -0.2) is 4.79 Å². The van der Waals surface area contributed by atoms with Gasteiger partial charge in [-0.05, 0) is 67.1 Å². The van der Waals surface area contributed by atoms with Crippen molar-refractivity contribution >= 4 is 14.8 Å². The summed E-state index contributed by atoms with van der Waals surface area (Å²) in [6, 6.07) is 15.9. The first kappa shape index (κ1) is 23.3. The fourth-order valence-electron chi connectivity index (χ4n) is 4.08. The molecule has 0 saturated carbocycles. The average Bonchev–Trinajstić information content (AvgIpc) is 2.74. The predicted molar refractivity (Wildman–Crippen MR) is 113 cm³/mol. The lowest BCUT2D eigenvalue weighted by atomic mass is 9.93. The molecular weight excluding hydrogens is 428 g/mol. The summed E-state index contributed by atoms with van der Waals surface area (Å²) in [5, 5.41) is 0.